The minimum atomic E-state index is -1.08. The second-order valence-corrected chi connectivity index (χ2v) is 6.93. The van der Waals surface area contributed by atoms with Gasteiger partial charge in [-0.2, -0.15) is 0 Å². The standard InChI is InChI=1S/C22H19NO7/c1-12-3-5-17-15(7-12)16(24)9-20(30-17)22(26)29-13(2)21(25)23-10-14-4-6-18-19(8-14)28-11-27-18/h3-9,13H,10-11H2,1-2H3,(H,23,25)/t13-/m0/s1. The molecule has 30 heavy (non-hydrogen) atoms. The Balaban J connectivity index is 1.39. The molecule has 1 amide bonds. The van der Waals surface area contributed by atoms with Crippen molar-refractivity contribution in [2.45, 2.75) is 26.5 Å². The summed E-state index contributed by atoms with van der Waals surface area (Å²) in [5, 5.41) is 3.07. The van der Waals surface area contributed by atoms with Crippen molar-refractivity contribution in [3.05, 3.63) is 69.6 Å². The quantitative estimate of drug-likeness (QED) is 0.646. The van der Waals surface area contributed by atoms with Crippen molar-refractivity contribution in [1.82, 2.24) is 5.32 Å². The Kier molecular flexibility index (Phi) is 5.14. The molecule has 0 bridgehead atoms. The molecule has 3 aromatic rings. The molecule has 0 radical (unpaired) electrons. The molecule has 2 aromatic carbocycles. The fourth-order valence-corrected chi connectivity index (χ4v) is 3.03. The number of benzene rings is 2. The molecule has 0 aliphatic carbocycles. The first-order chi connectivity index (χ1) is 14.4. The van der Waals surface area contributed by atoms with Gasteiger partial charge in [-0.15, -0.1) is 0 Å². The monoisotopic (exact) mass is 409 g/mol. The van der Waals surface area contributed by atoms with Gasteiger partial charge in [-0.05, 0) is 43.7 Å². The van der Waals surface area contributed by atoms with Crippen LogP contribution in [-0.2, 0) is 16.1 Å². The molecular formula is C22H19NO7. The average molecular weight is 409 g/mol. The number of rotatable bonds is 5. The highest BCUT2D eigenvalue weighted by molar-refractivity contribution is 5.91. The molecule has 4 rings (SSSR count). The fourth-order valence-electron chi connectivity index (χ4n) is 3.03. The van der Waals surface area contributed by atoms with Crippen LogP contribution in [0.1, 0.15) is 28.6 Å². The van der Waals surface area contributed by atoms with E-state index in [2.05, 4.69) is 5.32 Å². The third-order valence-corrected chi connectivity index (χ3v) is 4.64. The van der Waals surface area contributed by atoms with E-state index in [0.717, 1.165) is 17.2 Å². The first-order valence-electron chi connectivity index (χ1n) is 9.32. The van der Waals surface area contributed by atoms with Crippen LogP contribution >= 0.6 is 0 Å². The number of amides is 1. The molecular weight excluding hydrogens is 390 g/mol. The number of hydrogen-bond acceptors (Lipinski definition) is 7. The number of carbonyl (C=O) groups is 2. The predicted molar refractivity (Wildman–Crippen MR) is 107 cm³/mol. The maximum Gasteiger partial charge on any atom is 0.375 e. The number of fused-ring (bicyclic) bond motifs is 2. The lowest BCUT2D eigenvalue weighted by Gasteiger charge is -2.13. The van der Waals surface area contributed by atoms with Gasteiger partial charge in [0.2, 0.25) is 12.6 Å². The zero-order valence-corrected chi connectivity index (χ0v) is 16.4. The van der Waals surface area contributed by atoms with Gasteiger partial charge in [0.1, 0.15) is 5.58 Å². The van der Waals surface area contributed by atoms with E-state index in [1.807, 2.05) is 6.92 Å². The fraction of sp³-hybridized carbons (Fsp3) is 0.227. The van der Waals surface area contributed by atoms with Gasteiger partial charge in [-0.3, -0.25) is 9.59 Å². The van der Waals surface area contributed by atoms with Crippen LogP contribution in [0.4, 0.5) is 0 Å². The predicted octanol–water partition coefficient (Wildman–Crippen LogP) is 2.69. The van der Waals surface area contributed by atoms with E-state index in [1.165, 1.54) is 6.92 Å². The second-order valence-electron chi connectivity index (χ2n) is 6.93. The summed E-state index contributed by atoms with van der Waals surface area (Å²) in [6.45, 7) is 3.69. The molecule has 154 valence electrons. The van der Waals surface area contributed by atoms with Crippen LogP contribution in [0.2, 0.25) is 0 Å². The number of carbonyl (C=O) groups excluding carboxylic acids is 2. The molecule has 0 spiro atoms. The minimum Gasteiger partial charge on any atom is -0.454 e. The molecule has 8 nitrogen and oxygen atoms in total. The van der Waals surface area contributed by atoms with Gasteiger partial charge in [0.15, 0.2) is 23.0 Å². The SMILES string of the molecule is Cc1ccc2oc(C(=O)O[C@@H](C)C(=O)NCc3ccc4c(c3)OCO4)cc(=O)c2c1. The Morgan fingerprint density at radius 2 is 1.90 bits per heavy atom. The molecule has 1 atom stereocenters. The Bertz CT molecular complexity index is 1200. The van der Waals surface area contributed by atoms with Gasteiger partial charge in [0, 0.05) is 12.6 Å². The number of esters is 1. The molecule has 1 aromatic heterocycles. The first kappa shape index (κ1) is 19.5. The molecule has 1 N–H and O–H groups in total. The zero-order chi connectivity index (χ0) is 21.3. The summed E-state index contributed by atoms with van der Waals surface area (Å²) in [6, 6.07) is 11.5. The summed E-state index contributed by atoms with van der Waals surface area (Å²) >= 11 is 0. The van der Waals surface area contributed by atoms with Crippen molar-refractivity contribution in [2.24, 2.45) is 0 Å². The number of aryl methyl sites for hydroxylation is 1. The Hall–Kier alpha value is -3.81. The summed E-state index contributed by atoms with van der Waals surface area (Å²) in [5.41, 5.74) is 1.63. The minimum absolute atomic E-state index is 0.169. The molecule has 0 saturated carbocycles. The Morgan fingerprint density at radius 1 is 1.10 bits per heavy atom. The lowest BCUT2D eigenvalue weighted by Crippen LogP contribution is -2.35. The van der Waals surface area contributed by atoms with E-state index >= 15 is 0 Å². The molecule has 8 heteroatoms. The van der Waals surface area contributed by atoms with Gasteiger partial charge >= 0.3 is 5.97 Å². The molecule has 2 heterocycles. The lowest BCUT2D eigenvalue weighted by atomic mass is 10.1. The van der Waals surface area contributed by atoms with Crippen molar-refractivity contribution in [3.63, 3.8) is 0 Å². The van der Waals surface area contributed by atoms with Gasteiger partial charge < -0.3 is 23.9 Å². The maximum absolute atomic E-state index is 12.4. The highest BCUT2D eigenvalue weighted by Gasteiger charge is 2.22. The van der Waals surface area contributed by atoms with E-state index in [9.17, 15) is 14.4 Å². The first-order valence-corrected chi connectivity index (χ1v) is 9.32. The van der Waals surface area contributed by atoms with Gasteiger partial charge in [-0.1, -0.05) is 17.7 Å². The van der Waals surface area contributed by atoms with E-state index in [1.54, 1.807) is 36.4 Å². The molecule has 0 unspecified atom stereocenters. The largest absolute Gasteiger partial charge is 0.454 e. The summed E-state index contributed by atoms with van der Waals surface area (Å²) < 4.78 is 21.2. The van der Waals surface area contributed by atoms with Crippen LogP contribution in [0, 0.1) is 6.92 Å². The van der Waals surface area contributed by atoms with Gasteiger partial charge in [0.05, 0.1) is 5.39 Å². The van der Waals surface area contributed by atoms with Crippen molar-refractivity contribution in [3.8, 4) is 11.5 Å². The topological polar surface area (TPSA) is 104 Å². The molecule has 0 fully saturated rings. The highest BCUT2D eigenvalue weighted by atomic mass is 16.7. The van der Waals surface area contributed by atoms with Crippen LogP contribution in [0.5, 0.6) is 11.5 Å². The summed E-state index contributed by atoms with van der Waals surface area (Å²) in [6.07, 6.45) is -1.08. The normalized spacial score (nSPS) is 13.1. The smallest absolute Gasteiger partial charge is 0.375 e. The van der Waals surface area contributed by atoms with Crippen LogP contribution in [0.3, 0.4) is 0 Å². The Labute approximate surface area is 171 Å². The lowest BCUT2D eigenvalue weighted by molar-refractivity contribution is -0.129. The van der Waals surface area contributed by atoms with Gasteiger partial charge in [0.25, 0.3) is 5.91 Å². The van der Waals surface area contributed by atoms with Crippen molar-refractivity contribution >= 4 is 22.8 Å². The van der Waals surface area contributed by atoms with E-state index in [-0.39, 0.29) is 30.1 Å². The number of hydrogen-bond donors (Lipinski definition) is 1. The van der Waals surface area contributed by atoms with Crippen LogP contribution in [0.25, 0.3) is 11.0 Å². The molecule has 1 aliphatic heterocycles. The molecule has 1 aliphatic rings. The third kappa shape index (κ3) is 3.98. The van der Waals surface area contributed by atoms with Crippen molar-refractivity contribution in [1.29, 1.82) is 0 Å². The van der Waals surface area contributed by atoms with Crippen LogP contribution in [-0.4, -0.2) is 24.8 Å². The zero-order valence-electron chi connectivity index (χ0n) is 16.4. The highest BCUT2D eigenvalue weighted by Crippen LogP contribution is 2.32. The Morgan fingerprint density at radius 3 is 2.73 bits per heavy atom. The number of nitrogens with one attached hydrogen (secondary N) is 1. The third-order valence-electron chi connectivity index (χ3n) is 4.64. The van der Waals surface area contributed by atoms with Gasteiger partial charge in [-0.25, -0.2) is 4.79 Å². The average Bonchev–Trinajstić information content (AvgIpc) is 3.20. The summed E-state index contributed by atoms with van der Waals surface area (Å²) in [4.78, 5) is 36.9. The van der Waals surface area contributed by atoms with Crippen LogP contribution in [0.15, 0.2) is 51.7 Å². The van der Waals surface area contributed by atoms with Crippen LogP contribution < -0.4 is 20.2 Å². The summed E-state index contributed by atoms with van der Waals surface area (Å²) in [5.74, 6) is -0.367. The van der Waals surface area contributed by atoms with E-state index in [4.69, 9.17) is 18.6 Å². The van der Waals surface area contributed by atoms with E-state index < -0.39 is 18.0 Å². The molecule has 0 saturated heterocycles. The number of ether oxygens (including phenoxy) is 3. The second kappa shape index (κ2) is 7.90. The van der Waals surface area contributed by atoms with E-state index in [0.29, 0.717) is 16.9 Å². The summed E-state index contributed by atoms with van der Waals surface area (Å²) in [7, 11) is 0. The van der Waals surface area contributed by atoms with Crippen molar-refractivity contribution in [2.75, 3.05) is 6.79 Å². The van der Waals surface area contributed by atoms with Crippen molar-refractivity contribution < 1.29 is 28.2 Å². The maximum atomic E-state index is 12.4.